The molecule has 0 aromatic carbocycles. The Morgan fingerprint density at radius 2 is 1.29 bits per heavy atom. The normalized spacial score (nSPS) is 11.1. The van der Waals surface area contributed by atoms with Crippen LogP contribution in [0.3, 0.4) is 0 Å². The highest BCUT2D eigenvalue weighted by Gasteiger charge is 2.02. The summed E-state index contributed by atoms with van der Waals surface area (Å²) in [5.41, 5.74) is 8.71. The molecule has 0 amide bonds. The molecular weight excluding hydrogens is 172 g/mol. The Morgan fingerprint density at radius 3 is 1.71 bits per heavy atom. The third-order valence-electron chi connectivity index (χ3n) is 2.54. The van der Waals surface area contributed by atoms with Crippen LogP contribution in [0.5, 0.6) is 0 Å². The minimum absolute atomic E-state index is 0.343. The van der Waals surface area contributed by atoms with Gasteiger partial charge in [-0.15, -0.1) is 5.73 Å². The van der Waals surface area contributed by atoms with Crippen LogP contribution >= 0.6 is 0 Å². The van der Waals surface area contributed by atoms with Crippen LogP contribution in [-0.4, -0.2) is 31.1 Å². The summed E-state index contributed by atoms with van der Waals surface area (Å²) in [5, 5.41) is 0. The van der Waals surface area contributed by atoms with E-state index >= 15 is 0 Å². The maximum Gasteiger partial charge on any atom is 0.0322 e. The van der Waals surface area contributed by atoms with Crippen LogP contribution in [0.1, 0.15) is 52.4 Å². The molecule has 0 saturated heterocycles. The van der Waals surface area contributed by atoms with Gasteiger partial charge in [0.05, 0.1) is 0 Å². The van der Waals surface area contributed by atoms with E-state index < -0.39 is 0 Å². The SMILES string of the molecule is CCCCN(CCCC)CCCC[N]. The van der Waals surface area contributed by atoms with Gasteiger partial charge in [0.25, 0.3) is 0 Å². The largest absolute Gasteiger partial charge is 0.303 e. The van der Waals surface area contributed by atoms with Gasteiger partial charge in [-0.3, -0.25) is 0 Å². The summed E-state index contributed by atoms with van der Waals surface area (Å²) in [5.74, 6) is 0. The Morgan fingerprint density at radius 1 is 0.786 bits per heavy atom. The number of hydrogen-bond donors (Lipinski definition) is 0. The minimum Gasteiger partial charge on any atom is -0.303 e. The quantitative estimate of drug-likeness (QED) is 0.496. The number of hydrogen-bond acceptors (Lipinski definition) is 1. The Kier molecular flexibility index (Phi) is 10.9. The van der Waals surface area contributed by atoms with Crippen LogP contribution in [0, 0.1) is 0 Å². The van der Waals surface area contributed by atoms with Gasteiger partial charge in [-0.05, 0) is 45.3 Å². The molecule has 0 unspecified atom stereocenters. The van der Waals surface area contributed by atoms with Crippen LogP contribution in [-0.2, 0) is 0 Å². The van der Waals surface area contributed by atoms with Crippen LogP contribution in [0.2, 0.25) is 0 Å². The van der Waals surface area contributed by atoms with Gasteiger partial charge in [0.2, 0.25) is 0 Å². The summed E-state index contributed by atoms with van der Waals surface area (Å²) in [6.45, 7) is 8.47. The first-order valence-corrected chi connectivity index (χ1v) is 6.18. The molecule has 0 aliphatic carbocycles. The highest BCUT2D eigenvalue weighted by molar-refractivity contribution is 4.58. The van der Waals surface area contributed by atoms with Gasteiger partial charge in [-0.1, -0.05) is 26.7 Å². The maximum absolute atomic E-state index is 8.71. The monoisotopic (exact) mass is 198 g/mol. The molecule has 2 heteroatoms. The Balaban J connectivity index is 3.49. The molecule has 0 fully saturated rings. The molecule has 14 heavy (non-hydrogen) atoms. The fraction of sp³-hybridized carbons (Fsp3) is 1.00. The average Bonchev–Trinajstić information content (AvgIpc) is 2.21. The fourth-order valence-corrected chi connectivity index (χ4v) is 1.55. The minimum atomic E-state index is 0.343. The van der Waals surface area contributed by atoms with Crippen molar-refractivity contribution in [3.05, 3.63) is 0 Å². The molecular formula is C12H26N2. The lowest BCUT2D eigenvalue weighted by molar-refractivity contribution is 0.260. The molecule has 0 aromatic heterocycles. The van der Waals surface area contributed by atoms with E-state index in [2.05, 4.69) is 18.7 Å². The van der Waals surface area contributed by atoms with E-state index in [1.165, 1.54) is 45.3 Å². The number of rotatable bonds is 10. The van der Waals surface area contributed by atoms with E-state index in [1.54, 1.807) is 0 Å². The molecule has 0 rings (SSSR count). The first-order chi connectivity index (χ1) is 6.85. The second-order valence-corrected chi connectivity index (χ2v) is 3.98. The molecule has 0 saturated carbocycles. The van der Waals surface area contributed by atoms with E-state index in [9.17, 15) is 0 Å². The zero-order valence-corrected chi connectivity index (χ0v) is 9.97. The summed E-state index contributed by atoms with van der Waals surface area (Å²) < 4.78 is 0. The van der Waals surface area contributed by atoms with E-state index in [4.69, 9.17) is 5.73 Å². The van der Waals surface area contributed by atoms with Gasteiger partial charge in [-0.2, -0.15) is 0 Å². The number of unbranched alkanes of at least 4 members (excludes halogenated alkanes) is 3. The molecule has 2 radical (unpaired) electrons. The first kappa shape index (κ1) is 13.9. The summed E-state index contributed by atoms with van der Waals surface area (Å²) in [6, 6.07) is 0. The summed E-state index contributed by atoms with van der Waals surface area (Å²) >= 11 is 0. The van der Waals surface area contributed by atoms with Crippen molar-refractivity contribution in [2.45, 2.75) is 52.4 Å². The molecule has 0 spiro atoms. The lowest BCUT2D eigenvalue weighted by atomic mass is 10.2. The van der Waals surface area contributed by atoms with Gasteiger partial charge in [0.15, 0.2) is 0 Å². The predicted molar refractivity (Wildman–Crippen MR) is 62.5 cm³/mol. The van der Waals surface area contributed by atoms with Crippen molar-refractivity contribution in [1.82, 2.24) is 10.6 Å². The molecule has 0 aliphatic rings. The lowest BCUT2D eigenvalue weighted by Gasteiger charge is -2.21. The fourth-order valence-electron chi connectivity index (χ4n) is 1.55. The standard InChI is InChI=1S/C12H26N2/c1-3-5-10-14(11-6-4-2)12-8-7-9-13/h3-12H2,1-2H3. The molecule has 0 heterocycles. The van der Waals surface area contributed by atoms with Crippen molar-refractivity contribution >= 4 is 0 Å². The van der Waals surface area contributed by atoms with Gasteiger partial charge in [0, 0.05) is 6.54 Å². The lowest BCUT2D eigenvalue weighted by Crippen LogP contribution is -2.27. The molecule has 0 atom stereocenters. The van der Waals surface area contributed by atoms with Crippen molar-refractivity contribution < 1.29 is 0 Å². The first-order valence-electron chi connectivity index (χ1n) is 6.18. The predicted octanol–water partition coefficient (Wildman–Crippen LogP) is 2.74. The Labute approximate surface area is 89.9 Å². The van der Waals surface area contributed by atoms with E-state index in [0.29, 0.717) is 6.54 Å². The van der Waals surface area contributed by atoms with E-state index in [-0.39, 0.29) is 0 Å². The van der Waals surface area contributed by atoms with Crippen molar-refractivity contribution in [1.29, 1.82) is 0 Å². The topological polar surface area (TPSA) is 25.5 Å². The van der Waals surface area contributed by atoms with Crippen LogP contribution in [0.15, 0.2) is 0 Å². The second kappa shape index (κ2) is 11.0. The van der Waals surface area contributed by atoms with Crippen LogP contribution < -0.4 is 5.73 Å². The highest BCUT2D eigenvalue weighted by atomic mass is 15.1. The second-order valence-electron chi connectivity index (χ2n) is 3.98. The van der Waals surface area contributed by atoms with Crippen molar-refractivity contribution in [2.75, 3.05) is 26.2 Å². The smallest absolute Gasteiger partial charge is 0.0322 e. The summed E-state index contributed by atoms with van der Waals surface area (Å²) in [7, 11) is 0. The Hall–Kier alpha value is -0.0800. The third kappa shape index (κ3) is 8.52. The molecule has 2 nitrogen and oxygen atoms in total. The van der Waals surface area contributed by atoms with Gasteiger partial charge < -0.3 is 4.90 Å². The highest BCUT2D eigenvalue weighted by Crippen LogP contribution is 2.01. The van der Waals surface area contributed by atoms with Crippen molar-refractivity contribution in [3.8, 4) is 0 Å². The van der Waals surface area contributed by atoms with Crippen molar-refractivity contribution in [3.63, 3.8) is 0 Å². The van der Waals surface area contributed by atoms with Crippen LogP contribution in [0.4, 0.5) is 0 Å². The van der Waals surface area contributed by atoms with E-state index in [0.717, 1.165) is 12.8 Å². The molecule has 0 N–H and O–H groups in total. The zero-order valence-electron chi connectivity index (χ0n) is 9.97. The zero-order chi connectivity index (χ0) is 10.6. The number of nitrogens with zero attached hydrogens (tertiary/aromatic N) is 2. The molecule has 84 valence electrons. The third-order valence-corrected chi connectivity index (χ3v) is 2.54. The maximum atomic E-state index is 8.71. The molecule has 0 aromatic rings. The van der Waals surface area contributed by atoms with Crippen molar-refractivity contribution in [2.24, 2.45) is 0 Å². The molecule has 0 aliphatic heterocycles. The Bertz CT molecular complexity index is 96.5. The average molecular weight is 198 g/mol. The van der Waals surface area contributed by atoms with Crippen LogP contribution in [0.25, 0.3) is 0 Å². The van der Waals surface area contributed by atoms with E-state index in [1.807, 2.05) is 0 Å². The van der Waals surface area contributed by atoms with Gasteiger partial charge in [-0.25, -0.2) is 0 Å². The van der Waals surface area contributed by atoms with Gasteiger partial charge in [0.1, 0.15) is 0 Å². The summed E-state index contributed by atoms with van der Waals surface area (Å²) in [6.07, 6.45) is 7.27. The van der Waals surface area contributed by atoms with Gasteiger partial charge >= 0.3 is 0 Å². The molecule has 0 bridgehead atoms. The summed E-state index contributed by atoms with van der Waals surface area (Å²) in [4.78, 5) is 2.54.